The second kappa shape index (κ2) is 10.6. The third-order valence-corrected chi connectivity index (χ3v) is 7.77. The third kappa shape index (κ3) is 4.94. The molecule has 1 unspecified atom stereocenters. The molecule has 2 N–H and O–H groups in total. The molecule has 1 saturated heterocycles. The number of fused-ring (bicyclic) bond motifs is 2. The molecule has 0 bridgehead atoms. The van der Waals surface area contributed by atoms with Crippen molar-refractivity contribution in [2.24, 2.45) is 0 Å². The molecule has 2 heterocycles. The summed E-state index contributed by atoms with van der Waals surface area (Å²) in [6, 6.07) is 23.5. The van der Waals surface area contributed by atoms with Crippen molar-refractivity contribution in [3.63, 3.8) is 0 Å². The summed E-state index contributed by atoms with van der Waals surface area (Å²) in [5, 5.41) is 9.27. The van der Waals surface area contributed by atoms with Crippen LogP contribution in [0.15, 0.2) is 66.7 Å². The molecule has 2 atom stereocenters. The van der Waals surface area contributed by atoms with Crippen LogP contribution in [-0.4, -0.2) is 30.6 Å². The topological polar surface area (TPSA) is 72.5 Å². The van der Waals surface area contributed by atoms with E-state index in [1.54, 1.807) is 7.11 Å². The van der Waals surface area contributed by atoms with Crippen molar-refractivity contribution < 1.29 is 14.3 Å². The lowest BCUT2D eigenvalue weighted by molar-refractivity contribution is -0.119. The molecule has 0 saturated carbocycles. The Kier molecular flexibility index (Phi) is 6.92. The highest BCUT2D eigenvalue weighted by Gasteiger charge is 2.28. The van der Waals surface area contributed by atoms with E-state index in [2.05, 4.69) is 76.3 Å². The van der Waals surface area contributed by atoms with E-state index in [9.17, 15) is 4.79 Å². The zero-order valence-corrected chi connectivity index (χ0v) is 22.1. The maximum absolute atomic E-state index is 11.4. The number of hydrogen-bond acceptors (Lipinski definition) is 5. The minimum atomic E-state index is -0.130. The molecule has 1 fully saturated rings. The summed E-state index contributed by atoms with van der Waals surface area (Å²) in [4.78, 5) is 16.0. The number of benzene rings is 3. The lowest BCUT2D eigenvalue weighted by atomic mass is 9.95. The van der Waals surface area contributed by atoms with E-state index in [1.807, 2.05) is 6.07 Å². The number of carbonyl (C=O) groups excluding carboxylic acids is 1. The lowest BCUT2D eigenvalue weighted by Gasteiger charge is -2.18. The van der Waals surface area contributed by atoms with Crippen molar-refractivity contribution in [3.05, 3.63) is 88.4 Å². The van der Waals surface area contributed by atoms with Crippen LogP contribution in [-0.2, 0) is 17.8 Å². The van der Waals surface area contributed by atoms with Crippen molar-refractivity contribution in [1.29, 1.82) is 0 Å². The first-order chi connectivity index (χ1) is 18.6. The van der Waals surface area contributed by atoms with Gasteiger partial charge in [-0.05, 0) is 64.4 Å². The Morgan fingerprint density at radius 1 is 1.00 bits per heavy atom. The van der Waals surface area contributed by atoms with Crippen LogP contribution in [0, 0.1) is 0 Å². The standard InChI is InChI=1S/C31H30ClN3O3/c1-37-30-22(17-33-18-23-11-14-29(36)34-23)16-27(32)31(35-30)38-28-13-12-25-24(7-4-8-26(25)28)21-10-9-19-5-2-3-6-20(19)15-21/h2-10,15-16,23,28,33H,11-14,17-18H2,1H3,(H,34,36)/t23?,28-/m0/s1. The van der Waals surface area contributed by atoms with Crippen LogP contribution in [0.2, 0.25) is 5.02 Å². The van der Waals surface area contributed by atoms with Crippen LogP contribution in [0.25, 0.3) is 21.9 Å². The Morgan fingerprint density at radius 3 is 2.68 bits per heavy atom. The maximum Gasteiger partial charge on any atom is 0.236 e. The molecule has 4 aromatic rings. The summed E-state index contributed by atoms with van der Waals surface area (Å²) in [5.41, 5.74) is 5.80. The van der Waals surface area contributed by atoms with E-state index < -0.39 is 0 Å². The van der Waals surface area contributed by atoms with E-state index in [-0.39, 0.29) is 18.1 Å². The van der Waals surface area contributed by atoms with Gasteiger partial charge < -0.3 is 20.1 Å². The van der Waals surface area contributed by atoms with Crippen LogP contribution >= 0.6 is 11.6 Å². The first-order valence-electron chi connectivity index (χ1n) is 13.1. The predicted octanol–water partition coefficient (Wildman–Crippen LogP) is 6.00. The van der Waals surface area contributed by atoms with Crippen LogP contribution in [0.1, 0.15) is 42.1 Å². The molecular weight excluding hydrogens is 498 g/mol. The van der Waals surface area contributed by atoms with Gasteiger partial charge >= 0.3 is 0 Å². The van der Waals surface area contributed by atoms with Gasteiger partial charge in [-0.1, -0.05) is 66.2 Å². The molecule has 7 heteroatoms. The van der Waals surface area contributed by atoms with E-state index in [1.165, 1.54) is 33.0 Å². The van der Waals surface area contributed by atoms with Gasteiger partial charge in [-0.3, -0.25) is 4.79 Å². The first-order valence-corrected chi connectivity index (χ1v) is 13.5. The van der Waals surface area contributed by atoms with Crippen molar-refractivity contribution in [2.45, 2.75) is 44.4 Å². The fourth-order valence-corrected chi connectivity index (χ4v) is 5.81. The minimum absolute atomic E-state index is 0.110. The highest BCUT2D eigenvalue weighted by molar-refractivity contribution is 6.31. The normalized spacial score (nSPS) is 18.4. The number of hydrogen-bond donors (Lipinski definition) is 2. The number of carbonyl (C=O) groups is 1. The summed E-state index contributed by atoms with van der Waals surface area (Å²) in [5.74, 6) is 0.971. The van der Waals surface area contributed by atoms with Crippen molar-refractivity contribution >= 4 is 28.3 Å². The molecule has 194 valence electrons. The summed E-state index contributed by atoms with van der Waals surface area (Å²) >= 11 is 6.64. The van der Waals surface area contributed by atoms with Crippen molar-refractivity contribution in [2.75, 3.05) is 13.7 Å². The number of halogens is 1. The van der Waals surface area contributed by atoms with E-state index in [4.69, 9.17) is 21.1 Å². The second-order valence-corrected chi connectivity index (χ2v) is 10.4. The molecule has 0 spiro atoms. The largest absolute Gasteiger partial charge is 0.481 e. The fraction of sp³-hybridized carbons (Fsp3) is 0.290. The SMILES string of the molecule is COc1nc(O[C@H]2CCc3c(-c4ccc5ccccc5c4)cccc32)c(Cl)cc1CNCC1CCC(=O)N1. The Balaban J connectivity index is 1.20. The predicted molar refractivity (Wildman–Crippen MR) is 150 cm³/mol. The average Bonchev–Trinajstić information content (AvgIpc) is 3.55. The van der Waals surface area contributed by atoms with Gasteiger partial charge in [0.1, 0.15) is 11.1 Å². The summed E-state index contributed by atoms with van der Waals surface area (Å²) in [6.45, 7) is 1.22. The van der Waals surface area contributed by atoms with Gasteiger partial charge in [0.05, 0.1) is 7.11 Å². The van der Waals surface area contributed by atoms with Gasteiger partial charge in [-0.25, -0.2) is 0 Å². The van der Waals surface area contributed by atoms with Crippen LogP contribution < -0.4 is 20.1 Å². The lowest BCUT2D eigenvalue weighted by Crippen LogP contribution is -2.35. The van der Waals surface area contributed by atoms with Gasteiger partial charge in [0, 0.05) is 31.1 Å². The van der Waals surface area contributed by atoms with Crippen LogP contribution in [0.4, 0.5) is 0 Å². The average molecular weight is 528 g/mol. The maximum atomic E-state index is 11.4. The summed E-state index contributed by atoms with van der Waals surface area (Å²) in [6.07, 6.45) is 3.09. The minimum Gasteiger partial charge on any atom is -0.481 e. The quantitative estimate of drug-likeness (QED) is 0.294. The van der Waals surface area contributed by atoms with Crippen LogP contribution in [0.5, 0.6) is 11.8 Å². The van der Waals surface area contributed by atoms with E-state index >= 15 is 0 Å². The molecule has 3 aromatic carbocycles. The molecule has 1 aliphatic heterocycles. The monoisotopic (exact) mass is 527 g/mol. The zero-order valence-electron chi connectivity index (χ0n) is 21.3. The Labute approximate surface area is 227 Å². The third-order valence-electron chi connectivity index (χ3n) is 7.50. The van der Waals surface area contributed by atoms with E-state index in [0.29, 0.717) is 36.3 Å². The number of ether oxygens (including phenoxy) is 2. The summed E-state index contributed by atoms with van der Waals surface area (Å²) in [7, 11) is 1.60. The van der Waals surface area contributed by atoms with Gasteiger partial charge in [-0.15, -0.1) is 0 Å². The zero-order chi connectivity index (χ0) is 26.1. The number of aromatic nitrogens is 1. The molecule has 1 aliphatic carbocycles. The highest BCUT2D eigenvalue weighted by Crippen LogP contribution is 2.42. The highest BCUT2D eigenvalue weighted by atomic mass is 35.5. The van der Waals surface area contributed by atoms with Crippen molar-refractivity contribution in [1.82, 2.24) is 15.6 Å². The first kappa shape index (κ1) is 24.7. The Hall–Kier alpha value is -3.61. The molecule has 0 radical (unpaired) electrons. The number of pyridine rings is 1. The van der Waals surface area contributed by atoms with E-state index in [0.717, 1.165) is 24.8 Å². The van der Waals surface area contributed by atoms with Gasteiger partial charge in [-0.2, -0.15) is 4.98 Å². The van der Waals surface area contributed by atoms with Gasteiger partial charge in [0.15, 0.2) is 0 Å². The van der Waals surface area contributed by atoms with Gasteiger partial charge in [0.25, 0.3) is 0 Å². The molecule has 38 heavy (non-hydrogen) atoms. The second-order valence-electron chi connectivity index (χ2n) is 9.96. The Bertz CT molecular complexity index is 1510. The van der Waals surface area contributed by atoms with Crippen molar-refractivity contribution in [3.8, 4) is 22.9 Å². The fourth-order valence-electron chi connectivity index (χ4n) is 5.59. The molecule has 1 amide bonds. The summed E-state index contributed by atoms with van der Waals surface area (Å²) < 4.78 is 12.0. The molecule has 2 aliphatic rings. The number of rotatable bonds is 8. The van der Waals surface area contributed by atoms with Crippen LogP contribution in [0.3, 0.4) is 0 Å². The number of nitrogens with zero attached hydrogens (tertiary/aromatic N) is 1. The van der Waals surface area contributed by atoms with Gasteiger partial charge in [0.2, 0.25) is 17.7 Å². The number of amides is 1. The number of methoxy groups -OCH3 is 1. The molecule has 1 aromatic heterocycles. The number of nitrogens with one attached hydrogen (secondary N) is 2. The smallest absolute Gasteiger partial charge is 0.236 e. The Morgan fingerprint density at radius 2 is 1.87 bits per heavy atom. The molecule has 6 nitrogen and oxygen atoms in total. The molecule has 6 rings (SSSR count). The molecular formula is C31H30ClN3O3.